The summed E-state index contributed by atoms with van der Waals surface area (Å²) in [6, 6.07) is 6.89. The molecule has 17 heavy (non-hydrogen) atoms. The number of carbonyl (C=O) groups excluding carboxylic acids is 2. The van der Waals surface area contributed by atoms with E-state index in [1.165, 1.54) is 7.11 Å². The third kappa shape index (κ3) is 4.97. The fourth-order valence-corrected chi connectivity index (χ4v) is 1.34. The van der Waals surface area contributed by atoms with Crippen molar-refractivity contribution in [2.45, 2.75) is 0 Å². The van der Waals surface area contributed by atoms with Crippen molar-refractivity contribution in [3.63, 3.8) is 0 Å². The van der Waals surface area contributed by atoms with Crippen LogP contribution in [-0.4, -0.2) is 30.9 Å². The molecule has 0 unspecified atom stereocenters. The van der Waals surface area contributed by atoms with E-state index < -0.39 is 0 Å². The number of hydrogen-bond donors (Lipinski definition) is 2. The summed E-state index contributed by atoms with van der Waals surface area (Å²) in [5, 5.41) is 5.55. The summed E-state index contributed by atoms with van der Waals surface area (Å²) in [4.78, 5) is 22.4. The number of anilines is 2. The van der Waals surface area contributed by atoms with E-state index in [0.29, 0.717) is 11.4 Å². The number of benzene rings is 1. The van der Waals surface area contributed by atoms with Crippen LogP contribution in [0.2, 0.25) is 0 Å². The zero-order chi connectivity index (χ0) is 12.7. The first-order chi connectivity index (χ1) is 8.15. The molecule has 0 fully saturated rings. The Morgan fingerprint density at radius 1 is 1.24 bits per heavy atom. The smallest absolute Gasteiger partial charge is 0.250 e. The summed E-state index contributed by atoms with van der Waals surface area (Å²) in [5.41, 5.74) is 1.24. The van der Waals surface area contributed by atoms with Crippen LogP contribution in [0.4, 0.5) is 11.4 Å². The van der Waals surface area contributed by atoms with Gasteiger partial charge in [0.25, 0.3) is 0 Å². The molecule has 0 saturated heterocycles. The predicted molar refractivity (Wildman–Crippen MR) is 69.4 cm³/mol. The first-order valence-electron chi connectivity index (χ1n) is 4.90. The molecule has 0 aromatic heterocycles. The summed E-state index contributed by atoms with van der Waals surface area (Å²) >= 11 is 3.05. The van der Waals surface area contributed by atoms with Gasteiger partial charge in [-0.3, -0.25) is 9.59 Å². The summed E-state index contributed by atoms with van der Waals surface area (Å²) in [6.45, 7) is -0.00200. The lowest BCUT2D eigenvalue weighted by molar-refractivity contribution is -0.119. The number of hydrogen-bond acceptors (Lipinski definition) is 3. The Morgan fingerprint density at radius 2 is 1.82 bits per heavy atom. The minimum atomic E-state index is -0.239. The van der Waals surface area contributed by atoms with Gasteiger partial charge in [0.1, 0.15) is 6.61 Å². The van der Waals surface area contributed by atoms with Crippen LogP contribution in [0.5, 0.6) is 0 Å². The second-order valence-electron chi connectivity index (χ2n) is 3.24. The van der Waals surface area contributed by atoms with Crippen molar-refractivity contribution in [3.05, 3.63) is 24.3 Å². The highest BCUT2D eigenvalue weighted by Gasteiger charge is 2.03. The molecule has 2 N–H and O–H groups in total. The Morgan fingerprint density at radius 3 is 2.35 bits per heavy atom. The molecule has 0 atom stereocenters. The minimum Gasteiger partial charge on any atom is -0.375 e. The van der Waals surface area contributed by atoms with Gasteiger partial charge in [-0.05, 0) is 18.2 Å². The Kier molecular flexibility index (Phi) is 5.65. The van der Waals surface area contributed by atoms with E-state index in [-0.39, 0.29) is 23.8 Å². The van der Waals surface area contributed by atoms with Crippen LogP contribution in [0.25, 0.3) is 0 Å². The molecule has 92 valence electrons. The minimum absolute atomic E-state index is 0.00200. The average Bonchev–Trinajstić information content (AvgIpc) is 2.29. The second-order valence-corrected chi connectivity index (χ2v) is 3.80. The van der Waals surface area contributed by atoms with Crippen molar-refractivity contribution in [2.75, 3.05) is 29.7 Å². The van der Waals surface area contributed by atoms with Crippen molar-refractivity contribution in [1.29, 1.82) is 0 Å². The second kappa shape index (κ2) is 7.03. The normalized spacial score (nSPS) is 9.76. The molecule has 0 aliphatic rings. The highest BCUT2D eigenvalue weighted by molar-refractivity contribution is 9.09. The van der Waals surface area contributed by atoms with Crippen LogP contribution in [0.15, 0.2) is 24.3 Å². The standard InChI is InChI=1S/C11H13BrN2O3/c1-17-7-11(16)14-9-4-2-3-8(5-9)13-10(15)6-12/h2-5H,6-7H2,1H3,(H,13,15)(H,14,16). The molecule has 1 aromatic carbocycles. The molecule has 6 heteroatoms. The quantitative estimate of drug-likeness (QED) is 0.812. The van der Waals surface area contributed by atoms with Crippen LogP contribution in [0.3, 0.4) is 0 Å². The van der Waals surface area contributed by atoms with Crippen molar-refractivity contribution < 1.29 is 14.3 Å². The van der Waals surface area contributed by atoms with Gasteiger partial charge in [-0.15, -0.1) is 0 Å². The summed E-state index contributed by atoms with van der Waals surface area (Å²) in [7, 11) is 1.45. The van der Waals surface area contributed by atoms with Gasteiger partial charge >= 0.3 is 0 Å². The average molecular weight is 301 g/mol. The zero-order valence-corrected chi connectivity index (χ0v) is 10.9. The SMILES string of the molecule is COCC(=O)Nc1cccc(NC(=O)CBr)c1. The van der Waals surface area contributed by atoms with E-state index in [2.05, 4.69) is 26.6 Å². The fourth-order valence-electron chi connectivity index (χ4n) is 1.20. The number of rotatable bonds is 5. The van der Waals surface area contributed by atoms with E-state index in [1.807, 2.05) is 0 Å². The summed E-state index contributed by atoms with van der Waals surface area (Å²) in [6.07, 6.45) is 0. The molecule has 0 spiro atoms. The Labute approximate surface area is 108 Å². The van der Waals surface area contributed by atoms with Crippen LogP contribution in [0, 0.1) is 0 Å². The maximum absolute atomic E-state index is 11.3. The van der Waals surface area contributed by atoms with E-state index in [0.717, 1.165) is 0 Å². The number of carbonyl (C=O) groups is 2. The Bertz CT molecular complexity index is 409. The van der Waals surface area contributed by atoms with Crippen LogP contribution >= 0.6 is 15.9 Å². The van der Waals surface area contributed by atoms with E-state index in [9.17, 15) is 9.59 Å². The number of halogens is 1. The molecule has 0 aliphatic carbocycles. The molecule has 0 radical (unpaired) electrons. The molecule has 0 aliphatic heterocycles. The molecule has 2 amide bonds. The van der Waals surface area contributed by atoms with Gasteiger partial charge in [-0.1, -0.05) is 22.0 Å². The first kappa shape index (κ1) is 13.7. The maximum Gasteiger partial charge on any atom is 0.250 e. The van der Waals surface area contributed by atoms with Gasteiger partial charge < -0.3 is 15.4 Å². The number of ether oxygens (including phenoxy) is 1. The zero-order valence-electron chi connectivity index (χ0n) is 9.33. The number of amides is 2. The lowest BCUT2D eigenvalue weighted by Crippen LogP contribution is -2.17. The molecule has 0 heterocycles. The van der Waals surface area contributed by atoms with Crippen LogP contribution in [0.1, 0.15) is 0 Å². The third-order valence-electron chi connectivity index (χ3n) is 1.83. The van der Waals surface area contributed by atoms with E-state index in [4.69, 9.17) is 4.74 Å². The highest BCUT2D eigenvalue weighted by atomic mass is 79.9. The van der Waals surface area contributed by atoms with Gasteiger partial charge in [0.05, 0.1) is 5.33 Å². The molecule has 0 bridgehead atoms. The Hall–Kier alpha value is -1.40. The van der Waals surface area contributed by atoms with Gasteiger partial charge in [0.15, 0.2) is 0 Å². The topological polar surface area (TPSA) is 67.4 Å². The number of nitrogens with one attached hydrogen (secondary N) is 2. The van der Waals surface area contributed by atoms with Gasteiger partial charge in [0, 0.05) is 18.5 Å². The highest BCUT2D eigenvalue weighted by Crippen LogP contribution is 2.15. The Balaban J connectivity index is 2.65. The maximum atomic E-state index is 11.3. The van der Waals surface area contributed by atoms with Crippen molar-refractivity contribution in [3.8, 4) is 0 Å². The third-order valence-corrected chi connectivity index (χ3v) is 2.34. The van der Waals surface area contributed by atoms with Crippen LogP contribution < -0.4 is 10.6 Å². The van der Waals surface area contributed by atoms with E-state index in [1.54, 1.807) is 24.3 Å². The molecular formula is C11H13BrN2O3. The molecule has 5 nitrogen and oxygen atoms in total. The number of alkyl halides is 1. The van der Waals surface area contributed by atoms with Crippen molar-refractivity contribution in [2.24, 2.45) is 0 Å². The summed E-state index contributed by atoms with van der Waals surface area (Å²) < 4.78 is 4.70. The number of methoxy groups -OCH3 is 1. The van der Waals surface area contributed by atoms with Gasteiger partial charge in [-0.25, -0.2) is 0 Å². The molecule has 1 aromatic rings. The van der Waals surface area contributed by atoms with Crippen LogP contribution in [-0.2, 0) is 14.3 Å². The molecule has 1 rings (SSSR count). The van der Waals surface area contributed by atoms with Gasteiger partial charge in [-0.2, -0.15) is 0 Å². The monoisotopic (exact) mass is 300 g/mol. The summed E-state index contributed by atoms with van der Waals surface area (Å²) in [5.74, 6) is -0.387. The van der Waals surface area contributed by atoms with Gasteiger partial charge in [0.2, 0.25) is 11.8 Å². The molecule has 0 saturated carbocycles. The lowest BCUT2D eigenvalue weighted by Gasteiger charge is -2.07. The predicted octanol–water partition coefficient (Wildman–Crippen LogP) is 1.60. The van der Waals surface area contributed by atoms with Crippen molar-refractivity contribution in [1.82, 2.24) is 0 Å². The lowest BCUT2D eigenvalue weighted by atomic mass is 10.2. The molecular weight excluding hydrogens is 288 g/mol. The van der Waals surface area contributed by atoms with Crippen molar-refractivity contribution >= 4 is 39.1 Å². The first-order valence-corrected chi connectivity index (χ1v) is 6.02. The van der Waals surface area contributed by atoms with E-state index >= 15 is 0 Å². The fraction of sp³-hybridized carbons (Fsp3) is 0.273. The largest absolute Gasteiger partial charge is 0.375 e.